The summed E-state index contributed by atoms with van der Waals surface area (Å²) in [6.45, 7) is 0.464. The molecule has 0 atom stereocenters. The van der Waals surface area contributed by atoms with Crippen LogP contribution in [0.4, 0.5) is 0 Å². The predicted octanol–water partition coefficient (Wildman–Crippen LogP) is 2.36. The summed E-state index contributed by atoms with van der Waals surface area (Å²) in [5.41, 5.74) is 0.850. The molecule has 0 bridgehead atoms. The molecule has 1 amide bonds. The number of thioether (sulfide) groups is 1. The highest BCUT2D eigenvalue weighted by molar-refractivity contribution is 7.99. The Morgan fingerprint density at radius 1 is 1.38 bits per heavy atom. The van der Waals surface area contributed by atoms with Crippen LogP contribution in [0.1, 0.15) is 18.5 Å². The maximum atomic E-state index is 11.7. The van der Waals surface area contributed by atoms with Crippen molar-refractivity contribution >= 4 is 29.0 Å². The van der Waals surface area contributed by atoms with Gasteiger partial charge < -0.3 is 5.32 Å². The van der Waals surface area contributed by atoms with Crippen molar-refractivity contribution in [2.24, 2.45) is 5.92 Å². The first-order valence-electron chi connectivity index (χ1n) is 6.87. The minimum Gasteiger partial charge on any atom is -0.350 e. The Morgan fingerprint density at radius 3 is 2.95 bits per heavy atom. The standard InChI is InChI=1S/C14H16N4OS2/c19-12(9-20-7-10-2-3-10)17-6-11-8-21-14(18-11)13-15-4-1-5-16-13/h1,4-5,8,10H,2-3,6-7,9H2,(H,17,19). The van der Waals surface area contributed by atoms with E-state index in [2.05, 4.69) is 20.3 Å². The minimum atomic E-state index is 0.0751. The SMILES string of the molecule is O=C(CSCC1CC1)NCc1csc(-c2ncccn2)n1. The van der Waals surface area contributed by atoms with Crippen LogP contribution < -0.4 is 5.32 Å². The molecule has 0 radical (unpaired) electrons. The first kappa shape index (κ1) is 14.5. The summed E-state index contributed by atoms with van der Waals surface area (Å²) in [5, 5.41) is 5.62. The van der Waals surface area contributed by atoms with E-state index in [-0.39, 0.29) is 5.91 Å². The molecular weight excluding hydrogens is 304 g/mol. The Morgan fingerprint density at radius 2 is 2.19 bits per heavy atom. The second-order valence-electron chi connectivity index (χ2n) is 4.95. The summed E-state index contributed by atoms with van der Waals surface area (Å²) in [6, 6.07) is 1.78. The Kier molecular flexibility index (Phi) is 4.82. The van der Waals surface area contributed by atoms with E-state index in [1.165, 1.54) is 24.2 Å². The molecule has 110 valence electrons. The monoisotopic (exact) mass is 320 g/mol. The van der Waals surface area contributed by atoms with E-state index in [1.54, 1.807) is 30.2 Å². The predicted molar refractivity (Wildman–Crippen MR) is 85.0 cm³/mol. The largest absolute Gasteiger partial charge is 0.350 e. The van der Waals surface area contributed by atoms with Crippen molar-refractivity contribution in [2.75, 3.05) is 11.5 Å². The number of carbonyl (C=O) groups excluding carboxylic acids is 1. The molecule has 3 rings (SSSR count). The van der Waals surface area contributed by atoms with Gasteiger partial charge in [-0.05, 0) is 30.6 Å². The molecule has 0 aliphatic heterocycles. The lowest BCUT2D eigenvalue weighted by molar-refractivity contribution is -0.118. The van der Waals surface area contributed by atoms with Gasteiger partial charge in [-0.2, -0.15) is 11.8 Å². The number of hydrogen-bond acceptors (Lipinski definition) is 6. The fourth-order valence-electron chi connectivity index (χ4n) is 1.74. The molecule has 2 aromatic rings. The zero-order valence-electron chi connectivity index (χ0n) is 11.5. The Balaban J connectivity index is 1.44. The summed E-state index contributed by atoms with van der Waals surface area (Å²) < 4.78 is 0. The highest BCUT2D eigenvalue weighted by atomic mass is 32.2. The molecule has 5 nitrogen and oxygen atoms in total. The molecule has 7 heteroatoms. The van der Waals surface area contributed by atoms with Gasteiger partial charge in [0.05, 0.1) is 18.0 Å². The van der Waals surface area contributed by atoms with Gasteiger partial charge in [0.1, 0.15) is 0 Å². The fraction of sp³-hybridized carbons (Fsp3) is 0.429. The molecule has 2 heterocycles. The third-order valence-electron chi connectivity index (χ3n) is 3.06. The van der Waals surface area contributed by atoms with E-state index < -0.39 is 0 Å². The normalized spacial score (nSPS) is 14.1. The number of nitrogens with one attached hydrogen (secondary N) is 1. The lowest BCUT2D eigenvalue weighted by Crippen LogP contribution is -2.24. The lowest BCUT2D eigenvalue weighted by Gasteiger charge is -2.02. The molecule has 2 aromatic heterocycles. The van der Waals surface area contributed by atoms with Gasteiger partial charge >= 0.3 is 0 Å². The van der Waals surface area contributed by atoms with Gasteiger partial charge in [0.15, 0.2) is 10.8 Å². The number of rotatable bonds is 7. The molecule has 0 aromatic carbocycles. The Labute approximate surface area is 131 Å². The van der Waals surface area contributed by atoms with Crippen LogP contribution in [0.3, 0.4) is 0 Å². The van der Waals surface area contributed by atoms with E-state index in [9.17, 15) is 4.79 Å². The number of amides is 1. The van der Waals surface area contributed by atoms with E-state index >= 15 is 0 Å². The van der Waals surface area contributed by atoms with Crippen LogP contribution in [0.25, 0.3) is 10.8 Å². The third kappa shape index (κ3) is 4.50. The molecular formula is C14H16N4OS2. The Bertz CT molecular complexity index is 598. The average molecular weight is 320 g/mol. The maximum Gasteiger partial charge on any atom is 0.230 e. The summed E-state index contributed by atoms with van der Waals surface area (Å²) >= 11 is 3.21. The molecule has 1 aliphatic carbocycles. The second-order valence-corrected chi connectivity index (χ2v) is 6.84. The summed E-state index contributed by atoms with van der Waals surface area (Å²) in [5.74, 6) is 3.20. The second kappa shape index (κ2) is 7.00. The molecule has 0 unspecified atom stereocenters. The van der Waals surface area contributed by atoms with Crippen molar-refractivity contribution in [3.8, 4) is 10.8 Å². The highest BCUT2D eigenvalue weighted by Crippen LogP contribution is 2.32. The first-order chi connectivity index (χ1) is 10.3. The van der Waals surface area contributed by atoms with Crippen LogP contribution in [0.5, 0.6) is 0 Å². The van der Waals surface area contributed by atoms with Gasteiger partial charge in [0.25, 0.3) is 0 Å². The zero-order chi connectivity index (χ0) is 14.5. The molecule has 0 saturated heterocycles. The number of nitrogens with zero attached hydrogens (tertiary/aromatic N) is 3. The Hall–Kier alpha value is -1.47. The summed E-state index contributed by atoms with van der Waals surface area (Å²) in [7, 11) is 0. The number of hydrogen-bond donors (Lipinski definition) is 1. The van der Waals surface area contributed by atoms with Crippen LogP contribution in [0.15, 0.2) is 23.8 Å². The topological polar surface area (TPSA) is 67.8 Å². The average Bonchev–Trinajstić information content (AvgIpc) is 3.21. The molecule has 1 N–H and O–H groups in total. The van der Waals surface area contributed by atoms with Crippen molar-refractivity contribution in [1.29, 1.82) is 0 Å². The smallest absolute Gasteiger partial charge is 0.230 e. The van der Waals surface area contributed by atoms with Gasteiger partial charge in [-0.25, -0.2) is 15.0 Å². The molecule has 0 spiro atoms. The van der Waals surface area contributed by atoms with Crippen molar-refractivity contribution in [3.05, 3.63) is 29.5 Å². The third-order valence-corrected chi connectivity index (χ3v) is 5.12. The molecule has 1 fully saturated rings. The van der Waals surface area contributed by atoms with E-state index in [0.29, 0.717) is 18.1 Å². The van der Waals surface area contributed by atoms with E-state index in [0.717, 1.165) is 22.4 Å². The molecule has 1 aliphatic rings. The molecule has 1 saturated carbocycles. The van der Waals surface area contributed by atoms with Crippen LogP contribution >= 0.6 is 23.1 Å². The number of aromatic nitrogens is 3. The van der Waals surface area contributed by atoms with Gasteiger partial charge in [-0.3, -0.25) is 4.79 Å². The summed E-state index contributed by atoms with van der Waals surface area (Å²) in [6.07, 6.45) is 6.06. The van der Waals surface area contributed by atoms with Crippen molar-refractivity contribution in [2.45, 2.75) is 19.4 Å². The lowest BCUT2D eigenvalue weighted by atomic mass is 10.4. The van der Waals surface area contributed by atoms with Crippen molar-refractivity contribution < 1.29 is 4.79 Å². The maximum absolute atomic E-state index is 11.7. The minimum absolute atomic E-state index is 0.0751. The highest BCUT2D eigenvalue weighted by Gasteiger charge is 2.21. The van der Waals surface area contributed by atoms with Crippen LogP contribution in [-0.2, 0) is 11.3 Å². The van der Waals surface area contributed by atoms with Gasteiger partial charge in [-0.15, -0.1) is 11.3 Å². The van der Waals surface area contributed by atoms with Gasteiger partial charge in [0, 0.05) is 17.8 Å². The van der Waals surface area contributed by atoms with Crippen molar-refractivity contribution in [3.63, 3.8) is 0 Å². The number of thiazole rings is 1. The zero-order valence-corrected chi connectivity index (χ0v) is 13.1. The van der Waals surface area contributed by atoms with E-state index in [1.807, 2.05) is 5.38 Å². The fourth-order valence-corrected chi connectivity index (χ4v) is 3.58. The first-order valence-corrected chi connectivity index (χ1v) is 8.91. The van der Waals surface area contributed by atoms with Crippen LogP contribution in [0.2, 0.25) is 0 Å². The van der Waals surface area contributed by atoms with E-state index in [4.69, 9.17) is 0 Å². The summed E-state index contributed by atoms with van der Waals surface area (Å²) in [4.78, 5) is 24.5. The number of carbonyl (C=O) groups is 1. The van der Waals surface area contributed by atoms with Crippen LogP contribution in [0, 0.1) is 5.92 Å². The van der Waals surface area contributed by atoms with Gasteiger partial charge in [0.2, 0.25) is 5.91 Å². The van der Waals surface area contributed by atoms with Crippen LogP contribution in [-0.4, -0.2) is 32.4 Å². The van der Waals surface area contributed by atoms with Crippen molar-refractivity contribution in [1.82, 2.24) is 20.3 Å². The quantitative estimate of drug-likeness (QED) is 0.848. The van der Waals surface area contributed by atoms with Gasteiger partial charge in [-0.1, -0.05) is 0 Å². The molecule has 21 heavy (non-hydrogen) atoms.